The predicted molar refractivity (Wildman–Crippen MR) is 358 cm³/mol. The minimum Gasteiger partial charge on any atom is -0.462 e. The van der Waals surface area contributed by atoms with E-state index >= 15 is 0 Å². The van der Waals surface area contributed by atoms with Crippen molar-refractivity contribution in [3.05, 3.63) is 72.9 Å². The van der Waals surface area contributed by atoms with Gasteiger partial charge in [-0.05, 0) is 64.2 Å². The van der Waals surface area contributed by atoms with Crippen molar-refractivity contribution < 1.29 is 37.6 Å². The number of phosphoric acid groups is 1. The average molecular weight is 1180 g/mol. The SMILES string of the molecule is CC/C=C\C/C=C\C/C=C\C/C=C\C/C=C\C/C=C\CCCCCCCCCCCCCCC(=O)OC(COC(=O)CCCCCCCCCCCCCCCCCCCCCCCCCCCCCCCCC)COP(=O)(O)OCCN. The monoisotopic (exact) mass is 1180 g/mol. The zero-order valence-corrected chi connectivity index (χ0v) is 55.3. The molecule has 0 radical (unpaired) electrons. The number of carbonyl (C=O) groups is 2. The minimum atomic E-state index is -4.40. The molecule has 0 bridgehead atoms. The van der Waals surface area contributed by atoms with E-state index in [1.807, 2.05) is 0 Å². The number of unbranched alkanes of at least 4 members (excludes halogenated alkanes) is 42. The first-order valence-electron chi connectivity index (χ1n) is 35.4. The van der Waals surface area contributed by atoms with Crippen molar-refractivity contribution in [2.75, 3.05) is 26.4 Å². The van der Waals surface area contributed by atoms with E-state index in [-0.39, 0.29) is 38.6 Å². The van der Waals surface area contributed by atoms with E-state index in [0.717, 1.165) is 77.0 Å². The summed E-state index contributed by atoms with van der Waals surface area (Å²) in [5.41, 5.74) is 5.40. The summed E-state index contributed by atoms with van der Waals surface area (Å²) in [7, 11) is -4.40. The molecule has 0 fully saturated rings. The molecular formula is C73H134NO8P. The molecule has 83 heavy (non-hydrogen) atoms. The van der Waals surface area contributed by atoms with Crippen LogP contribution in [-0.2, 0) is 32.7 Å². The highest BCUT2D eigenvalue weighted by Crippen LogP contribution is 2.43. The third-order valence-electron chi connectivity index (χ3n) is 15.6. The van der Waals surface area contributed by atoms with Gasteiger partial charge in [0.05, 0.1) is 13.2 Å². The number of nitrogens with two attached hydrogens (primary N) is 1. The molecule has 0 heterocycles. The van der Waals surface area contributed by atoms with Crippen molar-refractivity contribution in [1.82, 2.24) is 0 Å². The van der Waals surface area contributed by atoms with Crippen LogP contribution in [-0.4, -0.2) is 49.3 Å². The molecule has 0 aliphatic carbocycles. The molecule has 0 aromatic heterocycles. The van der Waals surface area contributed by atoms with Crippen LogP contribution in [0, 0.1) is 0 Å². The zero-order valence-electron chi connectivity index (χ0n) is 54.4. The number of phosphoric ester groups is 1. The fourth-order valence-corrected chi connectivity index (χ4v) is 11.2. The summed E-state index contributed by atoms with van der Waals surface area (Å²) in [5.74, 6) is -0.815. The number of rotatable bonds is 67. The largest absolute Gasteiger partial charge is 0.472 e. The molecule has 0 aliphatic heterocycles. The lowest BCUT2D eigenvalue weighted by Gasteiger charge is -2.19. The fraction of sp³-hybridized carbons (Fsp3) is 0.808. The number of esters is 2. The van der Waals surface area contributed by atoms with Gasteiger partial charge in [0.15, 0.2) is 6.10 Å². The van der Waals surface area contributed by atoms with Crippen molar-refractivity contribution in [2.24, 2.45) is 5.73 Å². The molecule has 10 heteroatoms. The van der Waals surface area contributed by atoms with E-state index in [2.05, 4.69) is 86.8 Å². The van der Waals surface area contributed by atoms with Crippen LogP contribution in [0.1, 0.15) is 348 Å². The molecule has 2 unspecified atom stereocenters. The van der Waals surface area contributed by atoms with Gasteiger partial charge < -0.3 is 20.1 Å². The molecule has 0 spiro atoms. The Hall–Kier alpha value is -2.55. The maximum atomic E-state index is 12.8. The Morgan fingerprint density at radius 3 is 0.988 bits per heavy atom. The smallest absolute Gasteiger partial charge is 0.462 e. The molecular weight excluding hydrogens is 1050 g/mol. The van der Waals surface area contributed by atoms with Gasteiger partial charge in [-0.15, -0.1) is 0 Å². The van der Waals surface area contributed by atoms with Crippen LogP contribution in [0.2, 0.25) is 0 Å². The molecule has 484 valence electrons. The lowest BCUT2D eigenvalue weighted by molar-refractivity contribution is -0.161. The van der Waals surface area contributed by atoms with Crippen LogP contribution in [0.3, 0.4) is 0 Å². The van der Waals surface area contributed by atoms with E-state index in [1.165, 1.54) is 238 Å². The summed E-state index contributed by atoms with van der Waals surface area (Å²) < 4.78 is 33.2. The van der Waals surface area contributed by atoms with Gasteiger partial charge in [-0.1, -0.05) is 344 Å². The molecule has 2 atom stereocenters. The van der Waals surface area contributed by atoms with Gasteiger partial charge in [0, 0.05) is 19.4 Å². The minimum absolute atomic E-state index is 0.0526. The maximum absolute atomic E-state index is 12.8. The second-order valence-electron chi connectivity index (χ2n) is 23.7. The number of allylic oxidation sites excluding steroid dienone is 12. The molecule has 3 N–H and O–H groups in total. The van der Waals surface area contributed by atoms with Crippen molar-refractivity contribution in [1.29, 1.82) is 0 Å². The van der Waals surface area contributed by atoms with E-state index in [1.54, 1.807) is 0 Å². The lowest BCUT2D eigenvalue weighted by Crippen LogP contribution is -2.29. The van der Waals surface area contributed by atoms with E-state index < -0.39 is 26.5 Å². The molecule has 0 saturated carbocycles. The zero-order chi connectivity index (χ0) is 60.1. The van der Waals surface area contributed by atoms with E-state index in [4.69, 9.17) is 24.3 Å². The lowest BCUT2D eigenvalue weighted by atomic mass is 10.0. The Bertz CT molecular complexity index is 1590. The van der Waals surface area contributed by atoms with Crippen molar-refractivity contribution in [3.63, 3.8) is 0 Å². The molecule has 0 amide bonds. The maximum Gasteiger partial charge on any atom is 0.472 e. The third kappa shape index (κ3) is 68.4. The topological polar surface area (TPSA) is 134 Å². The Morgan fingerprint density at radius 2 is 0.663 bits per heavy atom. The summed E-state index contributed by atoms with van der Waals surface area (Å²) in [6.07, 6.45) is 90.0. The first-order chi connectivity index (χ1) is 40.8. The molecule has 0 aromatic rings. The molecule has 0 aliphatic rings. The van der Waals surface area contributed by atoms with Gasteiger partial charge in [-0.25, -0.2) is 4.57 Å². The van der Waals surface area contributed by atoms with Gasteiger partial charge in [0.1, 0.15) is 6.61 Å². The summed E-state index contributed by atoms with van der Waals surface area (Å²) in [5, 5.41) is 0. The highest BCUT2D eigenvalue weighted by Gasteiger charge is 2.26. The average Bonchev–Trinajstić information content (AvgIpc) is 3.48. The van der Waals surface area contributed by atoms with Crippen LogP contribution >= 0.6 is 7.82 Å². The number of hydrogen-bond donors (Lipinski definition) is 2. The van der Waals surface area contributed by atoms with Crippen molar-refractivity contribution in [3.8, 4) is 0 Å². The predicted octanol–water partition coefficient (Wildman–Crippen LogP) is 23.2. The molecule has 0 saturated heterocycles. The summed E-state index contributed by atoms with van der Waals surface area (Å²) >= 11 is 0. The van der Waals surface area contributed by atoms with Crippen molar-refractivity contribution >= 4 is 19.8 Å². The quantitative estimate of drug-likeness (QED) is 0.0264. The fourth-order valence-electron chi connectivity index (χ4n) is 10.4. The second-order valence-corrected chi connectivity index (χ2v) is 25.2. The van der Waals surface area contributed by atoms with Gasteiger partial charge in [-0.2, -0.15) is 0 Å². The Balaban J connectivity index is 3.85. The van der Waals surface area contributed by atoms with E-state index in [0.29, 0.717) is 6.42 Å². The van der Waals surface area contributed by atoms with Gasteiger partial charge in [0.2, 0.25) is 0 Å². The second kappa shape index (κ2) is 68.6. The van der Waals surface area contributed by atoms with Crippen LogP contribution in [0.4, 0.5) is 0 Å². The Morgan fingerprint density at radius 1 is 0.373 bits per heavy atom. The molecule has 9 nitrogen and oxygen atoms in total. The van der Waals surface area contributed by atoms with Gasteiger partial charge in [-0.3, -0.25) is 18.6 Å². The van der Waals surface area contributed by atoms with Gasteiger partial charge in [0.25, 0.3) is 0 Å². The highest BCUT2D eigenvalue weighted by molar-refractivity contribution is 7.47. The number of carbonyl (C=O) groups excluding carboxylic acids is 2. The number of ether oxygens (including phenoxy) is 2. The van der Waals surface area contributed by atoms with Gasteiger partial charge >= 0.3 is 19.8 Å². The summed E-state index contributed by atoms with van der Waals surface area (Å²) in [4.78, 5) is 35.4. The number of hydrogen-bond acceptors (Lipinski definition) is 8. The van der Waals surface area contributed by atoms with E-state index in [9.17, 15) is 19.0 Å². The van der Waals surface area contributed by atoms with Crippen LogP contribution in [0.25, 0.3) is 0 Å². The summed E-state index contributed by atoms with van der Waals surface area (Å²) in [6.45, 7) is 3.69. The Labute approximate surface area is 513 Å². The van der Waals surface area contributed by atoms with Crippen molar-refractivity contribution in [2.45, 2.75) is 354 Å². The standard InChI is InChI=1S/C73H134NO8P/c1-3-5-7-9-11-13-15-17-19-21-23-25-27-29-31-33-35-37-39-41-43-45-47-49-51-53-55-57-59-61-63-65-72(75)79-69-71(70-81-83(77,78)80-68-67-74)82-73(76)66-64-62-60-58-56-54-52-50-48-46-44-42-40-38-36-34-32-30-28-26-24-22-20-18-16-14-12-10-8-6-4-2/h6,8,12,14,18,20,24,26,30,32,36,38,71H,3-5,7,9-11,13,15-17,19,21-23,25,27-29,31,33-35,37,39-70,74H2,1-2H3,(H,77,78)/b8-6-,14-12-,20-18-,26-24-,32-30-,38-36-. The Kier molecular flexibility index (Phi) is 66.5. The highest BCUT2D eigenvalue weighted by atomic mass is 31.2. The third-order valence-corrected chi connectivity index (χ3v) is 16.6. The van der Waals surface area contributed by atoms with Crippen LogP contribution in [0.5, 0.6) is 0 Å². The molecule has 0 rings (SSSR count). The first-order valence-corrected chi connectivity index (χ1v) is 36.9. The first kappa shape index (κ1) is 80.5. The van der Waals surface area contributed by atoms with Crippen LogP contribution in [0.15, 0.2) is 72.9 Å². The normalized spacial score (nSPS) is 13.3. The van der Waals surface area contributed by atoms with Crippen LogP contribution < -0.4 is 5.73 Å². The summed E-state index contributed by atoms with van der Waals surface area (Å²) in [6, 6.07) is 0. The molecule has 0 aromatic carbocycles.